The Morgan fingerprint density at radius 2 is 2.27 bits per heavy atom. The fourth-order valence-corrected chi connectivity index (χ4v) is 2.28. The Morgan fingerprint density at radius 3 is 3.05 bits per heavy atom. The molecule has 0 radical (unpaired) electrons. The highest BCUT2D eigenvalue weighted by Gasteiger charge is 2.17. The molecule has 3 rings (SSSR count). The van der Waals surface area contributed by atoms with Crippen LogP contribution in [0.1, 0.15) is 28.2 Å². The Kier molecular flexibility index (Phi) is 3.82. The summed E-state index contributed by atoms with van der Waals surface area (Å²) >= 11 is 0. The van der Waals surface area contributed by atoms with Gasteiger partial charge in [-0.3, -0.25) is 9.48 Å². The van der Waals surface area contributed by atoms with Gasteiger partial charge in [0, 0.05) is 18.8 Å². The Hall–Kier alpha value is -2.77. The zero-order valence-electron chi connectivity index (χ0n) is 12.4. The molecule has 0 aliphatic rings. The van der Waals surface area contributed by atoms with Crippen LogP contribution in [0.5, 0.6) is 0 Å². The Morgan fingerprint density at radius 1 is 1.41 bits per heavy atom. The van der Waals surface area contributed by atoms with E-state index in [1.807, 2.05) is 6.92 Å². The molecule has 8 heteroatoms. The second-order valence-corrected chi connectivity index (χ2v) is 5.03. The van der Waals surface area contributed by atoms with Gasteiger partial charge in [-0.25, -0.2) is 9.97 Å². The molecule has 0 atom stereocenters. The van der Waals surface area contributed by atoms with E-state index >= 15 is 0 Å². The number of hydrogen-bond acceptors (Lipinski definition) is 6. The maximum atomic E-state index is 12.4. The van der Waals surface area contributed by atoms with Gasteiger partial charge >= 0.3 is 0 Å². The summed E-state index contributed by atoms with van der Waals surface area (Å²) in [6.45, 7) is 4.87. The number of pyridine rings is 1. The molecule has 0 saturated heterocycles. The number of fused-ring (bicyclic) bond motifs is 1. The summed E-state index contributed by atoms with van der Waals surface area (Å²) in [5, 5.41) is 11.5. The van der Waals surface area contributed by atoms with Gasteiger partial charge in [0.2, 0.25) is 0 Å². The van der Waals surface area contributed by atoms with Crippen molar-refractivity contribution in [3.8, 4) is 0 Å². The number of carbonyl (C=O) groups is 1. The summed E-state index contributed by atoms with van der Waals surface area (Å²) in [7, 11) is 0. The number of nitrogens with zero attached hydrogens (tertiary/aromatic N) is 5. The van der Waals surface area contributed by atoms with E-state index in [0.29, 0.717) is 35.4 Å². The van der Waals surface area contributed by atoms with Gasteiger partial charge in [0.05, 0.1) is 16.6 Å². The molecule has 0 unspecified atom stereocenters. The maximum Gasteiger partial charge on any atom is 0.258 e. The first-order valence-electron chi connectivity index (χ1n) is 6.99. The van der Waals surface area contributed by atoms with Gasteiger partial charge in [0.1, 0.15) is 12.7 Å². The molecule has 1 N–H and O–H groups in total. The fourth-order valence-electron chi connectivity index (χ4n) is 2.28. The van der Waals surface area contributed by atoms with E-state index in [1.54, 1.807) is 24.0 Å². The van der Waals surface area contributed by atoms with Gasteiger partial charge in [-0.1, -0.05) is 5.16 Å². The molecule has 0 aromatic carbocycles. The Balaban J connectivity index is 1.68. The summed E-state index contributed by atoms with van der Waals surface area (Å²) in [5.74, 6) is -0.152. The highest BCUT2D eigenvalue weighted by Crippen LogP contribution is 2.21. The molecule has 1 amide bonds. The monoisotopic (exact) mass is 300 g/mol. The summed E-state index contributed by atoms with van der Waals surface area (Å²) in [6.07, 6.45) is 3.91. The van der Waals surface area contributed by atoms with Gasteiger partial charge in [-0.05, 0) is 26.3 Å². The summed E-state index contributed by atoms with van der Waals surface area (Å²) < 4.78 is 6.86. The number of amides is 1. The van der Waals surface area contributed by atoms with Gasteiger partial charge in [0.15, 0.2) is 0 Å². The standard InChI is InChI=1S/C14H16N6O2/c1-9-6-11(12-10(2)19-22-14(12)18-9)13(21)16-4-3-5-20-8-15-7-17-20/h6-8H,3-5H2,1-2H3,(H,16,21). The van der Waals surface area contributed by atoms with E-state index in [9.17, 15) is 4.79 Å². The fraction of sp³-hybridized carbons (Fsp3) is 0.357. The van der Waals surface area contributed by atoms with Crippen molar-refractivity contribution in [2.45, 2.75) is 26.8 Å². The topological polar surface area (TPSA) is 98.7 Å². The molecule has 3 heterocycles. The average Bonchev–Trinajstić information content (AvgIpc) is 3.13. The van der Waals surface area contributed by atoms with Crippen LogP contribution in [0.4, 0.5) is 0 Å². The van der Waals surface area contributed by atoms with Crippen LogP contribution in [0.2, 0.25) is 0 Å². The molecule has 3 aromatic heterocycles. The van der Waals surface area contributed by atoms with Crippen molar-refractivity contribution >= 4 is 17.0 Å². The zero-order valence-corrected chi connectivity index (χ0v) is 12.4. The second kappa shape index (κ2) is 5.92. The van der Waals surface area contributed by atoms with Crippen LogP contribution in [0, 0.1) is 13.8 Å². The second-order valence-electron chi connectivity index (χ2n) is 5.03. The minimum absolute atomic E-state index is 0.152. The van der Waals surface area contributed by atoms with Crippen molar-refractivity contribution in [2.75, 3.05) is 6.54 Å². The third kappa shape index (κ3) is 2.80. The minimum atomic E-state index is -0.152. The molecule has 0 fully saturated rings. The lowest BCUT2D eigenvalue weighted by Crippen LogP contribution is -2.25. The summed E-state index contributed by atoms with van der Waals surface area (Å²) in [5.41, 5.74) is 2.32. The molecule has 3 aromatic rings. The van der Waals surface area contributed by atoms with Crippen LogP contribution >= 0.6 is 0 Å². The van der Waals surface area contributed by atoms with Crippen LogP contribution in [-0.4, -0.2) is 37.4 Å². The third-order valence-electron chi connectivity index (χ3n) is 3.31. The quantitative estimate of drug-likeness (QED) is 0.712. The molecule has 8 nitrogen and oxygen atoms in total. The highest BCUT2D eigenvalue weighted by atomic mass is 16.5. The van der Waals surface area contributed by atoms with Crippen molar-refractivity contribution in [3.05, 3.63) is 35.7 Å². The highest BCUT2D eigenvalue weighted by molar-refractivity contribution is 6.05. The van der Waals surface area contributed by atoms with E-state index in [-0.39, 0.29) is 5.91 Å². The van der Waals surface area contributed by atoms with Crippen LogP contribution < -0.4 is 5.32 Å². The molecular formula is C14H16N6O2. The molecular weight excluding hydrogens is 284 g/mol. The van der Waals surface area contributed by atoms with Crippen LogP contribution in [0.3, 0.4) is 0 Å². The predicted molar refractivity (Wildman–Crippen MR) is 78.3 cm³/mol. The summed E-state index contributed by atoms with van der Waals surface area (Å²) in [6, 6.07) is 1.75. The van der Waals surface area contributed by atoms with E-state index in [0.717, 1.165) is 12.1 Å². The van der Waals surface area contributed by atoms with E-state index in [2.05, 4.69) is 25.5 Å². The van der Waals surface area contributed by atoms with E-state index in [4.69, 9.17) is 4.52 Å². The number of carbonyl (C=O) groups excluding carboxylic acids is 1. The number of hydrogen-bond donors (Lipinski definition) is 1. The lowest BCUT2D eigenvalue weighted by atomic mass is 10.1. The largest absolute Gasteiger partial charge is 0.352 e. The van der Waals surface area contributed by atoms with Crippen molar-refractivity contribution < 1.29 is 9.32 Å². The first-order valence-corrected chi connectivity index (χ1v) is 6.99. The maximum absolute atomic E-state index is 12.4. The van der Waals surface area contributed by atoms with Crippen molar-refractivity contribution in [1.29, 1.82) is 0 Å². The van der Waals surface area contributed by atoms with Crippen molar-refractivity contribution in [3.63, 3.8) is 0 Å². The van der Waals surface area contributed by atoms with E-state index in [1.165, 1.54) is 6.33 Å². The minimum Gasteiger partial charge on any atom is -0.352 e. The van der Waals surface area contributed by atoms with E-state index < -0.39 is 0 Å². The Bertz CT molecular complexity index is 793. The molecule has 0 saturated carbocycles. The lowest BCUT2D eigenvalue weighted by Gasteiger charge is -2.07. The molecule has 0 aliphatic heterocycles. The molecule has 0 aliphatic carbocycles. The first kappa shape index (κ1) is 14.2. The normalized spacial score (nSPS) is 11.0. The van der Waals surface area contributed by atoms with Crippen molar-refractivity contribution in [1.82, 2.24) is 30.2 Å². The molecule has 0 bridgehead atoms. The number of nitrogens with one attached hydrogen (secondary N) is 1. The summed E-state index contributed by atoms with van der Waals surface area (Å²) in [4.78, 5) is 20.5. The van der Waals surface area contributed by atoms with Crippen molar-refractivity contribution in [2.24, 2.45) is 0 Å². The zero-order chi connectivity index (χ0) is 15.5. The lowest BCUT2D eigenvalue weighted by molar-refractivity contribution is 0.0954. The molecule has 0 spiro atoms. The number of rotatable bonds is 5. The van der Waals surface area contributed by atoms with Gasteiger partial charge in [0.25, 0.3) is 11.6 Å². The Labute approximate surface area is 126 Å². The van der Waals surface area contributed by atoms with Gasteiger partial charge in [-0.2, -0.15) is 5.10 Å². The van der Waals surface area contributed by atoms with Crippen LogP contribution in [-0.2, 0) is 6.54 Å². The predicted octanol–water partition coefficient (Wildman–Crippen LogP) is 1.25. The molecule has 114 valence electrons. The third-order valence-corrected chi connectivity index (χ3v) is 3.31. The average molecular weight is 300 g/mol. The van der Waals surface area contributed by atoms with Gasteiger partial charge < -0.3 is 9.84 Å². The SMILES string of the molecule is Cc1cc(C(=O)NCCCn2cncn2)c2c(C)noc2n1. The van der Waals surface area contributed by atoms with Gasteiger partial charge in [-0.15, -0.1) is 0 Å². The smallest absolute Gasteiger partial charge is 0.258 e. The number of aromatic nitrogens is 5. The number of aryl methyl sites for hydroxylation is 3. The first-order chi connectivity index (χ1) is 10.6. The molecule has 22 heavy (non-hydrogen) atoms. The van der Waals surface area contributed by atoms with Crippen LogP contribution in [0.15, 0.2) is 23.2 Å². The van der Waals surface area contributed by atoms with Crippen LogP contribution in [0.25, 0.3) is 11.1 Å².